The maximum atomic E-state index is 5.51. The first-order chi connectivity index (χ1) is 7.15. The molecule has 0 aliphatic carbocycles. The van der Waals surface area contributed by atoms with Gasteiger partial charge in [-0.25, -0.2) is 15.0 Å². The van der Waals surface area contributed by atoms with Gasteiger partial charge in [0.05, 0.1) is 0 Å². The molecule has 0 aromatic carbocycles. The van der Waals surface area contributed by atoms with Crippen LogP contribution in [0, 0.1) is 13.8 Å². The number of aromatic nitrogens is 5. The Morgan fingerprint density at radius 2 is 1.60 bits per heavy atom. The van der Waals surface area contributed by atoms with Gasteiger partial charge in [-0.1, -0.05) is 0 Å². The van der Waals surface area contributed by atoms with Crippen LogP contribution in [0.4, 0.5) is 5.95 Å². The molecule has 15 heavy (non-hydrogen) atoms. The van der Waals surface area contributed by atoms with Crippen molar-refractivity contribution in [2.75, 3.05) is 5.73 Å². The van der Waals surface area contributed by atoms with E-state index in [-0.39, 0.29) is 5.95 Å². The lowest BCUT2D eigenvalue weighted by molar-refractivity contribution is 0.969. The third-order valence-corrected chi connectivity index (χ3v) is 1.75. The molecule has 0 unspecified atom stereocenters. The van der Waals surface area contributed by atoms with Crippen molar-refractivity contribution in [3.8, 4) is 11.6 Å². The fourth-order valence-electron chi connectivity index (χ4n) is 1.11. The van der Waals surface area contributed by atoms with Crippen molar-refractivity contribution in [3.63, 3.8) is 0 Å². The Morgan fingerprint density at radius 1 is 0.933 bits per heavy atom. The molecule has 0 radical (unpaired) electrons. The average Bonchev–Trinajstić information content (AvgIpc) is 2.17. The van der Waals surface area contributed by atoms with Crippen LogP contribution in [0.25, 0.3) is 11.6 Å². The fourth-order valence-corrected chi connectivity index (χ4v) is 1.11. The number of aryl methyl sites for hydroxylation is 2. The summed E-state index contributed by atoms with van der Waals surface area (Å²) < 4.78 is 0. The van der Waals surface area contributed by atoms with Crippen LogP contribution in [0.1, 0.15) is 11.4 Å². The molecule has 0 saturated heterocycles. The van der Waals surface area contributed by atoms with Gasteiger partial charge in [0, 0.05) is 12.4 Å². The second kappa shape index (κ2) is 3.56. The molecule has 0 amide bonds. The molecule has 0 atom stereocenters. The Kier molecular flexibility index (Phi) is 2.24. The van der Waals surface area contributed by atoms with Crippen LogP contribution >= 0.6 is 0 Å². The van der Waals surface area contributed by atoms with Crippen LogP contribution in [-0.2, 0) is 0 Å². The number of nitrogens with two attached hydrogens (primary N) is 1. The Labute approximate surface area is 86.7 Å². The first-order valence-corrected chi connectivity index (χ1v) is 4.42. The highest BCUT2D eigenvalue weighted by Crippen LogP contribution is 2.09. The van der Waals surface area contributed by atoms with E-state index in [1.165, 1.54) is 0 Å². The van der Waals surface area contributed by atoms with Crippen LogP contribution in [0.3, 0.4) is 0 Å². The first-order valence-electron chi connectivity index (χ1n) is 4.42. The molecule has 0 aliphatic heterocycles. The Bertz CT molecular complexity index is 458. The standard InChI is InChI=1S/C9H10N6/c1-5-3-11-7(12-4-5)8-13-6(2)14-9(10)15-8/h3-4H,1-2H3,(H2,10,13,14,15). The van der Waals surface area contributed by atoms with Crippen LogP contribution in [-0.4, -0.2) is 24.9 Å². The van der Waals surface area contributed by atoms with Gasteiger partial charge >= 0.3 is 0 Å². The van der Waals surface area contributed by atoms with Gasteiger partial charge in [0.2, 0.25) is 11.8 Å². The lowest BCUT2D eigenvalue weighted by Gasteiger charge is -2.00. The van der Waals surface area contributed by atoms with Gasteiger partial charge in [0.1, 0.15) is 5.82 Å². The zero-order valence-corrected chi connectivity index (χ0v) is 8.47. The highest BCUT2D eigenvalue weighted by atomic mass is 15.1. The highest BCUT2D eigenvalue weighted by Gasteiger charge is 2.06. The summed E-state index contributed by atoms with van der Waals surface area (Å²) in [6.45, 7) is 3.66. The van der Waals surface area contributed by atoms with Crippen molar-refractivity contribution in [1.82, 2.24) is 24.9 Å². The topological polar surface area (TPSA) is 90.5 Å². The first kappa shape index (κ1) is 9.45. The van der Waals surface area contributed by atoms with Crippen LogP contribution in [0.5, 0.6) is 0 Å². The number of hydrogen-bond donors (Lipinski definition) is 1. The number of nitrogen functional groups attached to an aromatic ring is 1. The van der Waals surface area contributed by atoms with Gasteiger partial charge in [-0.15, -0.1) is 0 Å². The van der Waals surface area contributed by atoms with E-state index in [2.05, 4.69) is 24.9 Å². The summed E-state index contributed by atoms with van der Waals surface area (Å²) in [6, 6.07) is 0. The molecule has 0 aliphatic rings. The fraction of sp³-hybridized carbons (Fsp3) is 0.222. The summed E-state index contributed by atoms with van der Waals surface area (Å²) in [5, 5.41) is 0. The lowest BCUT2D eigenvalue weighted by atomic mass is 10.4. The zero-order valence-electron chi connectivity index (χ0n) is 8.47. The van der Waals surface area contributed by atoms with Gasteiger partial charge in [0.15, 0.2) is 5.82 Å². The van der Waals surface area contributed by atoms with E-state index in [9.17, 15) is 0 Å². The van der Waals surface area contributed by atoms with Gasteiger partial charge in [0.25, 0.3) is 0 Å². The van der Waals surface area contributed by atoms with Gasteiger partial charge < -0.3 is 5.73 Å². The summed E-state index contributed by atoms with van der Waals surface area (Å²) in [5.74, 6) is 1.60. The molecule has 2 rings (SSSR count). The molecule has 0 fully saturated rings. The summed E-state index contributed by atoms with van der Waals surface area (Å²) >= 11 is 0. The van der Waals surface area contributed by atoms with E-state index in [1.807, 2.05) is 6.92 Å². The molecule has 2 aromatic rings. The van der Waals surface area contributed by atoms with Gasteiger partial charge in [-0.05, 0) is 19.4 Å². The van der Waals surface area contributed by atoms with E-state index in [1.54, 1.807) is 19.3 Å². The number of nitrogens with zero attached hydrogens (tertiary/aromatic N) is 5. The number of hydrogen-bond acceptors (Lipinski definition) is 6. The molecule has 2 aromatic heterocycles. The van der Waals surface area contributed by atoms with Crippen molar-refractivity contribution in [1.29, 1.82) is 0 Å². The van der Waals surface area contributed by atoms with Crippen molar-refractivity contribution >= 4 is 5.95 Å². The van der Waals surface area contributed by atoms with Gasteiger partial charge in [-0.3, -0.25) is 0 Å². The maximum absolute atomic E-state index is 5.51. The lowest BCUT2D eigenvalue weighted by Crippen LogP contribution is -2.03. The molecule has 6 nitrogen and oxygen atoms in total. The molecule has 0 bridgehead atoms. The minimum absolute atomic E-state index is 0.182. The molecular formula is C9H10N6. The van der Waals surface area contributed by atoms with E-state index < -0.39 is 0 Å². The molecule has 2 heterocycles. The smallest absolute Gasteiger partial charge is 0.223 e. The zero-order chi connectivity index (χ0) is 10.8. The number of anilines is 1. The highest BCUT2D eigenvalue weighted by molar-refractivity contribution is 5.44. The average molecular weight is 202 g/mol. The van der Waals surface area contributed by atoms with Crippen molar-refractivity contribution in [2.24, 2.45) is 0 Å². The van der Waals surface area contributed by atoms with Crippen molar-refractivity contribution < 1.29 is 0 Å². The summed E-state index contributed by atoms with van der Waals surface area (Å²) in [4.78, 5) is 20.2. The third kappa shape index (κ3) is 2.04. The van der Waals surface area contributed by atoms with Crippen LogP contribution < -0.4 is 5.73 Å². The summed E-state index contributed by atoms with van der Waals surface area (Å²) in [6.07, 6.45) is 3.41. The minimum Gasteiger partial charge on any atom is -0.368 e. The molecule has 76 valence electrons. The molecular weight excluding hydrogens is 192 g/mol. The Hall–Kier alpha value is -2.11. The maximum Gasteiger partial charge on any atom is 0.223 e. The summed E-state index contributed by atoms with van der Waals surface area (Å²) in [7, 11) is 0. The van der Waals surface area contributed by atoms with Crippen LogP contribution in [0.15, 0.2) is 12.4 Å². The molecule has 6 heteroatoms. The second-order valence-corrected chi connectivity index (χ2v) is 3.15. The number of rotatable bonds is 1. The quantitative estimate of drug-likeness (QED) is 0.725. The third-order valence-electron chi connectivity index (χ3n) is 1.75. The molecule has 2 N–H and O–H groups in total. The van der Waals surface area contributed by atoms with E-state index >= 15 is 0 Å². The largest absolute Gasteiger partial charge is 0.368 e. The normalized spacial score (nSPS) is 10.3. The van der Waals surface area contributed by atoms with Crippen LogP contribution in [0.2, 0.25) is 0 Å². The Morgan fingerprint density at radius 3 is 2.20 bits per heavy atom. The Balaban J connectivity index is 2.49. The predicted octanol–water partition coefficient (Wildman–Crippen LogP) is 0.528. The summed E-state index contributed by atoms with van der Waals surface area (Å²) in [5.41, 5.74) is 6.49. The van der Waals surface area contributed by atoms with E-state index in [4.69, 9.17) is 5.73 Å². The monoisotopic (exact) mass is 202 g/mol. The predicted molar refractivity (Wildman–Crippen MR) is 54.7 cm³/mol. The van der Waals surface area contributed by atoms with E-state index in [0.717, 1.165) is 5.56 Å². The molecule has 0 saturated carbocycles. The molecule has 0 spiro atoms. The minimum atomic E-state index is 0.182. The van der Waals surface area contributed by atoms with Gasteiger partial charge in [-0.2, -0.15) is 9.97 Å². The second-order valence-electron chi connectivity index (χ2n) is 3.15. The van der Waals surface area contributed by atoms with Crippen molar-refractivity contribution in [2.45, 2.75) is 13.8 Å². The SMILES string of the molecule is Cc1cnc(-c2nc(C)nc(N)n2)nc1. The van der Waals surface area contributed by atoms with E-state index in [0.29, 0.717) is 17.5 Å². The van der Waals surface area contributed by atoms with Crippen molar-refractivity contribution in [3.05, 3.63) is 23.8 Å².